The summed E-state index contributed by atoms with van der Waals surface area (Å²) in [5.41, 5.74) is 11.7. The van der Waals surface area contributed by atoms with Gasteiger partial charge in [-0.3, -0.25) is 14.4 Å². The Morgan fingerprint density at radius 1 is 1.14 bits per heavy atom. The number of nitrogens with one attached hydrogen (secondary N) is 2. The normalized spacial score (nSPS) is 12.3. The minimum Gasteiger partial charge on any atom is -0.384 e. The summed E-state index contributed by atoms with van der Waals surface area (Å²) in [7, 11) is 0. The van der Waals surface area contributed by atoms with Crippen LogP contribution in [0.15, 0.2) is 65.7 Å². The van der Waals surface area contributed by atoms with E-state index in [4.69, 9.17) is 5.73 Å². The lowest BCUT2D eigenvalue weighted by Crippen LogP contribution is -2.23. The van der Waals surface area contributed by atoms with Crippen LogP contribution in [0, 0.1) is 13.8 Å². The van der Waals surface area contributed by atoms with Crippen molar-refractivity contribution in [2.45, 2.75) is 33.5 Å². The highest BCUT2D eigenvalue weighted by molar-refractivity contribution is 6.06. The largest absolute Gasteiger partial charge is 0.384 e. The molecule has 3 aromatic heterocycles. The molecule has 0 unspecified atom stereocenters. The van der Waals surface area contributed by atoms with Crippen molar-refractivity contribution in [3.63, 3.8) is 0 Å². The molecule has 0 saturated heterocycles. The third-order valence-corrected chi connectivity index (χ3v) is 6.41. The van der Waals surface area contributed by atoms with Crippen molar-refractivity contribution in [1.29, 1.82) is 0 Å². The predicted molar refractivity (Wildman–Crippen MR) is 137 cm³/mol. The number of hydrogen-bond donors (Lipinski definition) is 3. The number of nitrogens with two attached hydrogens (primary N) is 1. The first-order chi connectivity index (χ1) is 17.3. The van der Waals surface area contributed by atoms with Crippen LogP contribution >= 0.6 is 0 Å². The third-order valence-electron chi connectivity index (χ3n) is 6.41. The Kier molecular flexibility index (Phi) is 5.89. The molecule has 36 heavy (non-hydrogen) atoms. The van der Waals surface area contributed by atoms with Crippen LogP contribution in [-0.2, 0) is 19.6 Å². The maximum atomic E-state index is 13.0. The fourth-order valence-corrected chi connectivity index (χ4v) is 4.52. The van der Waals surface area contributed by atoms with Gasteiger partial charge in [-0.2, -0.15) is 0 Å². The van der Waals surface area contributed by atoms with Crippen LogP contribution in [0.1, 0.15) is 48.8 Å². The van der Waals surface area contributed by atoms with Crippen LogP contribution in [0.25, 0.3) is 0 Å². The standard InChI is InChI=1S/C27H26N6O3/c1-16-9-24(28)30-17(2)21(16)12-29-26(35)20-11-23-27(36)31-22-10-18(6-7-19(22)14-33(23)15-20)13-32-8-4-3-5-25(32)34/h3-11,15H,12-14H2,1-2H3,(H2,28,30)(H,29,35)(H,31,36). The molecule has 4 heterocycles. The molecule has 9 heteroatoms. The zero-order valence-corrected chi connectivity index (χ0v) is 20.0. The van der Waals surface area contributed by atoms with E-state index in [-0.39, 0.29) is 17.4 Å². The van der Waals surface area contributed by atoms with Gasteiger partial charge in [-0.1, -0.05) is 18.2 Å². The predicted octanol–water partition coefficient (Wildman–Crippen LogP) is 2.84. The second kappa shape index (κ2) is 9.18. The van der Waals surface area contributed by atoms with Crippen LogP contribution in [0.4, 0.5) is 11.5 Å². The highest BCUT2D eigenvalue weighted by Crippen LogP contribution is 2.25. The van der Waals surface area contributed by atoms with E-state index in [1.165, 1.54) is 6.07 Å². The summed E-state index contributed by atoms with van der Waals surface area (Å²) in [6.45, 7) is 4.94. The number of nitrogens with zero attached hydrogens (tertiary/aromatic N) is 3. The number of aromatic nitrogens is 3. The first-order valence-corrected chi connectivity index (χ1v) is 11.6. The lowest BCUT2D eigenvalue weighted by Gasteiger charge is -2.12. The zero-order valence-electron chi connectivity index (χ0n) is 20.0. The maximum Gasteiger partial charge on any atom is 0.272 e. The Hall–Kier alpha value is -4.66. The van der Waals surface area contributed by atoms with E-state index in [2.05, 4.69) is 15.6 Å². The van der Waals surface area contributed by atoms with Gasteiger partial charge in [0.1, 0.15) is 11.5 Å². The van der Waals surface area contributed by atoms with E-state index in [0.717, 1.165) is 27.9 Å². The molecule has 5 rings (SSSR count). The summed E-state index contributed by atoms with van der Waals surface area (Å²) < 4.78 is 3.39. The second-order valence-electron chi connectivity index (χ2n) is 8.96. The van der Waals surface area contributed by atoms with Crippen LogP contribution in [0.3, 0.4) is 0 Å². The molecule has 1 aliphatic heterocycles. The van der Waals surface area contributed by atoms with Crippen LogP contribution in [0.5, 0.6) is 0 Å². The van der Waals surface area contributed by atoms with E-state index in [1.54, 1.807) is 39.7 Å². The van der Waals surface area contributed by atoms with E-state index < -0.39 is 0 Å². The van der Waals surface area contributed by atoms with Gasteiger partial charge in [-0.05, 0) is 60.4 Å². The van der Waals surface area contributed by atoms with Gasteiger partial charge in [0.2, 0.25) is 0 Å². The monoisotopic (exact) mass is 482 g/mol. The highest BCUT2D eigenvalue weighted by atomic mass is 16.2. The molecule has 182 valence electrons. The molecule has 1 aliphatic rings. The molecule has 2 amide bonds. The van der Waals surface area contributed by atoms with Crippen molar-refractivity contribution in [2.24, 2.45) is 0 Å². The summed E-state index contributed by atoms with van der Waals surface area (Å²) >= 11 is 0. The van der Waals surface area contributed by atoms with Crippen molar-refractivity contribution < 1.29 is 9.59 Å². The molecule has 0 atom stereocenters. The van der Waals surface area contributed by atoms with Crippen LogP contribution < -0.4 is 21.9 Å². The molecule has 0 saturated carbocycles. The Balaban J connectivity index is 1.34. The van der Waals surface area contributed by atoms with E-state index >= 15 is 0 Å². The number of nitrogen functional groups attached to an aromatic ring is 1. The first-order valence-electron chi connectivity index (χ1n) is 11.6. The van der Waals surface area contributed by atoms with Gasteiger partial charge in [0, 0.05) is 42.9 Å². The van der Waals surface area contributed by atoms with Gasteiger partial charge >= 0.3 is 0 Å². The van der Waals surface area contributed by atoms with Crippen molar-refractivity contribution in [3.8, 4) is 0 Å². The fraction of sp³-hybridized carbons (Fsp3) is 0.185. The maximum absolute atomic E-state index is 13.0. The summed E-state index contributed by atoms with van der Waals surface area (Å²) in [5, 5.41) is 5.87. The number of anilines is 2. The number of fused-ring (bicyclic) bond motifs is 2. The quantitative estimate of drug-likeness (QED) is 0.404. The molecule has 0 aliphatic carbocycles. The molecule has 0 radical (unpaired) electrons. The Bertz CT molecular complexity index is 1540. The van der Waals surface area contributed by atoms with Gasteiger partial charge in [0.25, 0.3) is 17.4 Å². The minimum atomic E-state index is -0.295. The van der Waals surface area contributed by atoms with Gasteiger partial charge in [0.15, 0.2) is 0 Å². The molecule has 1 aromatic carbocycles. The topological polar surface area (TPSA) is 124 Å². The molecule has 9 nitrogen and oxygen atoms in total. The molecule has 0 fully saturated rings. The van der Waals surface area contributed by atoms with E-state index in [0.29, 0.717) is 42.4 Å². The van der Waals surface area contributed by atoms with Gasteiger partial charge in [-0.25, -0.2) is 4.98 Å². The molecular formula is C27H26N6O3. The highest BCUT2D eigenvalue weighted by Gasteiger charge is 2.23. The number of carbonyl (C=O) groups excluding carboxylic acids is 2. The minimum absolute atomic E-state index is 0.0869. The van der Waals surface area contributed by atoms with Crippen molar-refractivity contribution in [2.75, 3.05) is 11.1 Å². The number of amides is 2. The van der Waals surface area contributed by atoms with Crippen molar-refractivity contribution >= 4 is 23.3 Å². The summed E-state index contributed by atoms with van der Waals surface area (Å²) in [6.07, 6.45) is 3.43. The zero-order chi connectivity index (χ0) is 25.4. The first kappa shape index (κ1) is 23.1. The molecule has 0 bridgehead atoms. The SMILES string of the molecule is Cc1cc(N)nc(C)c1CNC(=O)c1cc2n(c1)Cc1ccc(Cn3ccccc3=O)cc1NC2=O. The Labute approximate surface area is 207 Å². The summed E-state index contributed by atoms with van der Waals surface area (Å²) in [4.78, 5) is 42.2. The second-order valence-corrected chi connectivity index (χ2v) is 8.96. The fourth-order valence-electron chi connectivity index (χ4n) is 4.52. The lowest BCUT2D eigenvalue weighted by molar-refractivity contribution is 0.0950. The average Bonchev–Trinajstić information content (AvgIpc) is 3.20. The van der Waals surface area contributed by atoms with Gasteiger partial charge in [-0.15, -0.1) is 0 Å². The summed E-state index contributed by atoms with van der Waals surface area (Å²) in [5.74, 6) is -0.122. The van der Waals surface area contributed by atoms with Gasteiger partial charge < -0.3 is 25.5 Å². The lowest BCUT2D eigenvalue weighted by atomic mass is 10.1. The van der Waals surface area contributed by atoms with E-state index in [1.807, 2.05) is 38.1 Å². The van der Waals surface area contributed by atoms with Gasteiger partial charge in [0.05, 0.1) is 12.1 Å². The third kappa shape index (κ3) is 4.50. The number of benzene rings is 1. The Morgan fingerprint density at radius 2 is 1.97 bits per heavy atom. The number of pyridine rings is 2. The molecule has 4 N–H and O–H groups in total. The van der Waals surface area contributed by atoms with E-state index in [9.17, 15) is 14.4 Å². The smallest absolute Gasteiger partial charge is 0.272 e. The van der Waals surface area contributed by atoms with Crippen LogP contribution in [-0.4, -0.2) is 25.9 Å². The van der Waals surface area contributed by atoms with Crippen LogP contribution in [0.2, 0.25) is 0 Å². The Morgan fingerprint density at radius 3 is 2.75 bits per heavy atom. The average molecular weight is 483 g/mol. The number of carbonyl (C=O) groups is 2. The molecule has 0 spiro atoms. The van der Waals surface area contributed by atoms with Crippen molar-refractivity contribution in [3.05, 3.63) is 110 Å². The molecule has 4 aromatic rings. The van der Waals surface area contributed by atoms with Crippen molar-refractivity contribution in [1.82, 2.24) is 19.4 Å². The number of rotatable bonds is 5. The molecular weight excluding hydrogens is 456 g/mol. The summed E-state index contributed by atoms with van der Waals surface area (Å²) in [6, 6.07) is 14.2. The number of aryl methyl sites for hydroxylation is 2. The number of hydrogen-bond acceptors (Lipinski definition) is 5.